The van der Waals surface area contributed by atoms with E-state index in [-0.39, 0.29) is 18.0 Å². The van der Waals surface area contributed by atoms with Crippen LogP contribution in [-0.4, -0.2) is 70.5 Å². The molecule has 0 bridgehead atoms. The van der Waals surface area contributed by atoms with Gasteiger partial charge in [0.05, 0.1) is 18.5 Å². The van der Waals surface area contributed by atoms with E-state index >= 15 is 0 Å². The first-order chi connectivity index (χ1) is 16.4. The second-order valence-electron chi connectivity index (χ2n) is 10.3. The lowest BCUT2D eigenvalue weighted by Crippen LogP contribution is -2.59. The molecule has 1 aromatic heterocycles. The average molecular weight is 467 g/mol. The first-order valence-electron chi connectivity index (χ1n) is 12.4. The number of anilines is 1. The summed E-state index contributed by atoms with van der Waals surface area (Å²) in [5, 5.41) is 11.1. The molecular formula is C26H34N4O4. The maximum atomic E-state index is 12.8. The summed E-state index contributed by atoms with van der Waals surface area (Å²) in [6.07, 6.45) is 5.79. The van der Waals surface area contributed by atoms with Crippen molar-refractivity contribution >= 4 is 11.7 Å². The number of hydrogen-bond acceptors (Lipinski definition) is 6. The number of likely N-dealkylation sites (tertiary alicyclic amines) is 1. The third-order valence-corrected chi connectivity index (χ3v) is 7.78. The molecule has 3 aliphatic rings. The van der Waals surface area contributed by atoms with Crippen LogP contribution in [0.4, 0.5) is 5.82 Å². The van der Waals surface area contributed by atoms with E-state index < -0.39 is 5.60 Å². The number of aliphatic hydroxyl groups is 1. The summed E-state index contributed by atoms with van der Waals surface area (Å²) in [6, 6.07) is 11.6. The summed E-state index contributed by atoms with van der Waals surface area (Å²) in [5.74, 6) is 0.829. The summed E-state index contributed by atoms with van der Waals surface area (Å²) in [5.41, 5.74) is 0.316. The highest BCUT2D eigenvalue weighted by molar-refractivity contribution is 5.76. The summed E-state index contributed by atoms with van der Waals surface area (Å²) < 4.78 is 6.98. The number of rotatable bonds is 6. The normalized spacial score (nSPS) is 21.3. The van der Waals surface area contributed by atoms with Gasteiger partial charge < -0.3 is 19.6 Å². The Morgan fingerprint density at radius 3 is 2.44 bits per heavy atom. The van der Waals surface area contributed by atoms with Crippen molar-refractivity contribution in [3.8, 4) is 0 Å². The number of aryl methyl sites for hydroxylation is 1. The molecule has 0 aliphatic carbocycles. The van der Waals surface area contributed by atoms with Gasteiger partial charge in [-0.25, -0.2) is 4.98 Å². The topological polar surface area (TPSA) is 87.9 Å². The van der Waals surface area contributed by atoms with Crippen molar-refractivity contribution in [2.45, 2.75) is 50.7 Å². The molecule has 1 aromatic carbocycles. The predicted molar refractivity (Wildman–Crippen MR) is 129 cm³/mol. The number of hydrogen-bond donors (Lipinski definition) is 1. The second kappa shape index (κ2) is 9.50. The van der Waals surface area contributed by atoms with E-state index in [9.17, 15) is 14.7 Å². The Bertz CT molecular complexity index is 1050. The Morgan fingerprint density at radius 2 is 1.76 bits per heavy atom. The Labute approximate surface area is 200 Å². The highest BCUT2D eigenvalue weighted by Crippen LogP contribution is 2.41. The summed E-state index contributed by atoms with van der Waals surface area (Å²) >= 11 is 0. The molecule has 2 aromatic rings. The Balaban J connectivity index is 1.12. The molecule has 182 valence electrons. The van der Waals surface area contributed by atoms with Crippen LogP contribution < -0.4 is 10.5 Å². The number of ether oxygens (including phenoxy) is 1. The molecular weight excluding hydrogens is 432 g/mol. The average Bonchev–Trinajstić information content (AvgIpc) is 2.84. The monoisotopic (exact) mass is 466 g/mol. The van der Waals surface area contributed by atoms with Crippen molar-refractivity contribution in [3.05, 3.63) is 58.6 Å². The number of carbonyl (C=O) groups is 1. The molecule has 3 aliphatic heterocycles. The molecule has 1 N–H and O–H groups in total. The molecule has 1 amide bonds. The van der Waals surface area contributed by atoms with E-state index in [2.05, 4.69) is 9.88 Å². The van der Waals surface area contributed by atoms with Crippen molar-refractivity contribution in [2.75, 3.05) is 44.3 Å². The van der Waals surface area contributed by atoms with E-state index in [0.29, 0.717) is 43.6 Å². The van der Waals surface area contributed by atoms with Crippen molar-refractivity contribution in [1.29, 1.82) is 0 Å². The predicted octanol–water partition coefficient (Wildman–Crippen LogP) is 1.85. The molecule has 8 heteroatoms. The van der Waals surface area contributed by atoms with Gasteiger partial charge in [-0.1, -0.05) is 30.3 Å². The van der Waals surface area contributed by atoms with Crippen molar-refractivity contribution < 1.29 is 14.6 Å². The lowest BCUT2D eigenvalue weighted by atomic mass is 9.73. The molecule has 3 fully saturated rings. The molecule has 34 heavy (non-hydrogen) atoms. The Kier molecular flexibility index (Phi) is 6.44. The Morgan fingerprint density at radius 1 is 1.06 bits per heavy atom. The van der Waals surface area contributed by atoms with Crippen molar-refractivity contribution in [2.24, 2.45) is 5.41 Å². The van der Waals surface area contributed by atoms with E-state index in [1.807, 2.05) is 35.2 Å². The lowest BCUT2D eigenvalue weighted by molar-refractivity contribution is -0.135. The van der Waals surface area contributed by atoms with Crippen molar-refractivity contribution in [3.63, 3.8) is 0 Å². The zero-order valence-electron chi connectivity index (χ0n) is 19.7. The molecule has 5 rings (SSSR count). The second-order valence-corrected chi connectivity index (χ2v) is 10.3. The zero-order valence-corrected chi connectivity index (χ0v) is 19.7. The third-order valence-electron chi connectivity index (χ3n) is 7.78. The van der Waals surface area contributed by atoms with Crippen LogP contribution in [0.15, 0.2) is 47.5 Å². The molecule has 3 saturated heterocycles. The fourth-order valence-corrected chi connectivity index (χ4v) is 5.46. The van der Waals surface area contributed by atoms with Gasteiger partial charge in [-0.15, -0.1) is 0 Å². The number of nitrogens with zero attached hydrogens (tertiary/aromatic N) is 4. The molecule has 0 radical (unpaired) electrons. The first-order valence-corrected chi connectivity index (χ1v) is 12.4. The molecule has 4 heterocycles. The SMILES string of the molecule is O=C(CCc1ccccc1)N1CCC(O)(Cn2cnc(N3CC4(CCOCC4)C3)cc2=O)CC1. The molecule has 8 nitrogen and oxygen atoms in total. The molecule has 0 atom stereocenters. The summed E-state index contributed by atoms with van der Waals surface area (Å²) in [7, 11) is 0. The maximum Gasteiger partial charge on any atom is 0.255 e. The standard InChI is InChI=1S/C26H34N4O4/c31-23(7-6-21-4-2-1-3-5-21)28-12-8-26(33,9-13-28)19-30-20-27-22(16-24(30)32)29-17-25(18-29)10-14-34-15-11-25/h1-5,16,20,33H,6-15,17-19H2. The van der Waals surface area contributed by atoms with Gasteiger partial charge in [0.2, 0.25) is 5.91 Å². The maximum absolute atomic E-state index is 12.8. The zero-order chi connectivity index (χ0) is 23.6. The van der Waals surface area contributed by atoms with Crippen molar-refractivity contribution in [1.82, 2.24) is 14.5 Å². The molecule has 1 spiro atoms. The van der Waals surface area contributed by atoms with Crippen LogP contribution in [0.2, 0.25) is 0 Å². The number of amides is 1. The van der Waals surface area contributed by atoms with E-state index in [0.717, 1.165) is 51.1 Å². The van der Waals surface area contributed by atoms with Crippen LogP contribution in [0, 0.1) is 5.41 Å². The van der Waals surface area contributed by atoms with Crippen LogP contribution in [0.1, 0.15) is 37.7 Å². The van der Waals surface area contributed by atoms with E-state index in [1.54, 1.807) is 12.4 Å². The summed E-state index contributed by atoms with van der Waals surface area (Å²) in [4.78, 5) is 33.9. The number of aromatic nitrogens is 2. The van der Waals surface area contributed by atoms with Gasteiger partial charge in [-0.2, -0.15) is 0 Å². The number of carbonyl (C=O) groups excluding carboxylic acids is 1. The highest BCUT2D eigenvalue weighted by Gasteiger charge is 2.44. The van der Waals surface area contributed by atoms with Gasteiger partial charge in [-0.3, -0.25) is 14.2 Å². The largest absolute Gasteiger partial charge is 0.388 e. The van der Waals surface area contributed by atoms with Gasteiger partial charge in [0.1, 0.15) is 5.82 Å². The highest BCUT2D eigenvalue weighted by atomic mass is 16.5. The van der Waals surface area contributed by atoms with Crippen LogP contribution in [0.5, 0.6) is 0 Å². The van der Waals surface area contributed by atoms with Gasteiger partial charge in [-0.05, 0) is 37.7 Å². The molecule has 0 saturated carbocycles. The Hall–Kier alpha value is -2.71. The lowest BCUT2D eigenvalue weighted by Gasteiger charge is -2.52. The van der Waals surface area contributed by atoms with Crippen LogP contribution in [0.3, 0.4) is 0 Å². The van der Waals surface area contributed by atoms with Gasteiger partial charge in [0, 0.05) is 57.3 Å². The number of piperidine rings is 1. The van der Waals surface area contributed by atoms with Crippen LogP contribution >= 0.6 is 0 Å². The molecule has 0 unspecified atom stereocenters. The number of benzene rings is 1. The minimum absolute atomic E-state index is 0.117. The van der Waals surface area contributed by atoms with E-state index in [4.69, 9.17) is 4.74 Å². The van der Waals surface area contributed by atoms with Gasteiger partial charge in [0.15, 0.2) is 0 Å². The smallest absolute Gasteiger partial charge is 0.255 e. The van der Waals surface area contributed by atoms with Crippen LogP contribution in [-0.2, 0) is 22.5 Å². The summed E-state index contributed by atoms with van der Waals surface area (Å²) in [6.45, 7) is 4.69. The van der Waals surface area contributed by atoms with Gasteiger partial charge in [0.25, 0.3) is 5.56 Å². The first kappa shape index (κ1) is 23.1. The van der Waals surface area contributed by atoms with E-state index in [1.165, 1.54) is 4.57 Å². The fourth-order valence-electron chi connectivity index (χ4n) is 5.46. The minimum Gasteiger partial charge on any atom is -0.388 e. The van der Waals surface area contributed by atoms with Gasteiger partial charge >= 0.3 is 0 Å². The van der Waals surface area contributed by atoms with Crippen LogP contribution in [0.25, 0.3) is 0 Å². The third kappa shape index (κ3) is 5.03. The quantitative estimate of drug-likeness (QED) is 0.699. The fraction of sp³-hybridized carbons (Fsp3) is 0.577. The minimum atomic E-state index is -1.01.